The molecule has 1 N–H and O–H groups in total. The summed E-state index contributed by atoms with van der Waals surface area (Å²) in [7, 11) is 0. The van der Waals surface area contributed by atoms with E-state index in [1.165, 1.54) is 24.3 Å². The van der Waals surface area contributed by atoms with Crippen LogP contribution < -0.4 is 0 Å². The number of allylic oxidation sites excluding steroid dienone is 1. The molecule has 0 amide bonds. The van der Waals surface area contributed by atoms with Crippen molar-refractivity contribution in [3.63, 3.8) is 0 Å². The van der Waals surface area contributed by atoms with Crippen LogP contribution in [0.15, 0.2) is 35.9 Å². The topological polar surface area (TPSA) is 80.7 Å². The summed E-state index contributed by atoms with van der Waals surface area (Å²) >= 11 is 0. The summed E-state index contributed by atoms with van der Waals surface area (Å²) in [5, 5.41) is 11.5. The summed E-state index contributed by atoms with van der Waals surface area (Å²) in [5.74, 6) is -1.19. The van der Waals surface area contributed by atoms with Crippen LogP contribution in [-0.2, 0) is 9.53 Å². The van der Waals surface area contributed by atoms with Crippen LogP contribution in [0.3, 0.4) is 0 Å². The number of carbonyl (C=O) groups is 3. The minimum absolute atomic E-state index is 0.0579. The number of hydrogen-bond donors (Lipinski definition) is 1. The van der Waals surface area contributed by atoms with Crippen LogP contribution in [0.4, 0.5) is 0 Å². The van der Waals surface area contributed by atoms with Gasteiger partial charge in [0.05, 0.1) is 11.2 Å². The Labute approximate surface area is 172 Å². The van der Waals surface area contributed by atoms with E-state index in [-0.39, 0.29) is 29.1 Å². The van der Waals surface area contributed by atoms with Gasteiger partial charge in [-0.3, -0.25) is 9.59 Å². The molecule has 4 atom stereocenters. The quantitative estimate of drug-likeness (QED) is 0.265. The number of rotatable bonds is 5. The molecule has 0 heterocycles. The van der Waals surface area contributed by atoms with Gasteiger partial charge in [0.15, 0.2) is 6.29 Å². The van der Waals surface area contributed by atoms with Gasteiger partial charge in [0.2, 0.25) is 5.78 Å². The monoisotopic (exact) mass is 398 g/mol. The van der Waals surface area contributed by atoms with Crippen LogP contribution in [0, 0.1) is 17.3 Å². The lowest BCUT2D eigenvalue weighted by Crippen LogP contribution is -2.50. The molecule has 3 rings (SSSR count). The number of hydrogen-bond acceptors (Lipinski definition) is 5. The average molecular weight is 398 g/mol. The molecule has 156 valence electrons. The maximum absolute atomic E-state index is 12.9. The molecule has 29 heavy (non-hydrogen) atoms. The van der Waals surface area contributed by atoms with Gasteiger partial charge in [0.25, 0.3) is 0 Å². The molecule has 0 saturated heterocycles. The molecule has 1 fully saturated rings. The molecule has 2 aliphatic rings. The highest BCUT2D eigenvalue weighted by atomic mass is 16.5. The van der Waals surface area contributed by atoms with Crippen LogP contribution in [-0.4, -0.2) is 34.9 Å². The van der Waals surface area contributed by atoms with Gasteiger partial charge in [-0.05, 0) is 49.7 Å². The van der Waals surface area contributed by atoms with Crippen LogP contribution in [0.1, 0.15) is 74.1 Å². The lowest BCUT2D eigenvalue weighted by molar-refractivity contribution is -0.112. The molecule has 0 radical (unpaired) electrons. The van der Waals surface area contributed by atoms with E-state index in [4.69, 9.17) is 4.74 Å². The fourth-order valence-electron chi connectivity index (χ4n) is 5.13. The summed E-state index contributed by atoms with van der Waals surface area (Å²) in [6, 6.07) is 5.91. The maximum Gasteiger partial charge on any atom is 0.338 e. The molecule has 0 aliphatic heterocycles. The third kappa shape index (κ3) is 3.93. The molecule has 0 aromatic heterocycles. The normalized spacial score (nSPS) is 31.6. The van der Waals surface area contributed by atoms with Gasteiger partial charge in [0.1, 0.15) is 6.10 Å². The first-order valence-corrected chi connectivity index (χ1v) is 10.3. The van der Waals surface area contributed by atoms with Crippen molar-refractivity contribution in [3.05, 3.63) is 47.0 Å². The van der Waals surface area contributed by atoms with Crippen LogP contribution in [0.2, 0.25) is 0 Å². The van der Waals surface area contributed by atoms with E-state index in [9.17, 15) is 19.5 Å². The Hall–Kier alpha value is -2.27. The van der Waals surface area contributed by atoms with Crippen molar-refractivity contribution < 1.29 is 24.2 Å². The summed E-state index contributed by atoms with van der Waals surface area (Å²) in [6.45, 7) is 8.28. The number of ketones is 1. The second-order valence-electron chi connectivity index (χ2n) is 9.24. The van der Waals surface area contributed by atoms with Crippen molar-refractivity contribution in [2.45, 2.75) is 65.1 Å². The Morgan fingerprint density at radius 3 is 2.38 bits per heavy atom. The molecular formula is C24H30O5. The fraction of sp³-hybridized carbons (Fsp3) is 0.542. The van der Waals surface area contributed by atoms with Gasteiger partial charge in [0, 0.05) is 17.9 Å². The van der Waals surface area contributed by atoms with Crippen molar-refractivity contribution in [2.75, 3.05) is 0 Å². The number of carbonyl (C=O) groups excluding carboxylic acids is 3. The number of ether oxygens (including phenoxy) is 1. The first kappa shape index (κ1) is 21.4. The molecular weight excluding hydrogens is 368 g/mol. The van der Waals surface area contributed by atoms with Crippen LogP contribution >= 0.6 is 0 Å². The standard InChI is InChI=1S/C24H30O5/c1-15(2)24(28)12-11-23(4)10-9-16(3)13-20(21(23)24)29-22(27)18-7-5-17(6-8-18)19(26)14-25/h5-9,14-15,20-21,28H,10-13H2,1-4H3/t20-,21+,23-,24+/m0/s1. The molecule has 0 unspecified atom stereocenters. The van der Waals surface area contributed by atoms with Gasteiger partial charge in [-0.1, -0.05) is 44.6 Å². The van der Waals surface area contributed by atoms with Crippen molar-refractivity contribution in [2.24, 2.45) is 17.3 Å². The molecule has 5 nitrogen and oxygen atoms in total. The zero-order chi connectivity index (χ0) is 21.4. The SMILES string of the molecule is CC1=CC[C@@]2(C)CC[C@@](O)(C(C)C)[C@@H]2[C@@H](OC(=O)c2ccc(C(=O)C=O)cc2)C1. The zero-order valence-electron chi connectivity index (χ0n) is 17.6. The molecule has 0 spiro atoms. The van der Waals surface area contributed by atoms with Crippen molar-refractivity contribution in [1.29, 1.82) is 0 Å². The second-order valence-corrected chi connectivity index (χ2v) is 9.24. The summed E-state index contributed by atoms with van der Waals surface area (Å²) in [6.07, 6.45) is 5.12. The fourth-order valence-corrected chi connectivity index (χ4v) is 5.13. The van der Waals surface area contributed by atoms with E-state index in [1.807, 2.05) is 20.8 Å². The molecule has 2 aliphatic carbocycles. The summed E-state index contributed by atoms with van der Waals surface area (Å²) in [5.41, 5.74) is 0.727. The maximum atomic E-state index is 12.9. The number of aliphatic hydroxyl groups is 1. The van der Waals surface area contributed by atoms with E-state index in [0.717, 1.165) is 18.4 Å². The highest BCUT2D eigenvalue weighted by Crippen LogP contribution is 2.58. The number of esters is 1. The number of Topliss-reactive ketones (excluding diaryl/α,β-unsaturated/α-hetero) is 1. The predicted molar refractivity (Wildman–Crippen MR) is 110 cm³/mol. The minimum Gasteiger partial charge on any atom is -0.458 e. The molecule has 5 heteroatoms. The lowest BCUT2D eigenvalue weighted by atomic mass is 9.67. The van der Waals surface area contributed by atoms with E-state index in [1.54, 1.807) is 0 Å². The minimum atomic E-state index is -0.877. The van der Waals surface area contributed by atoms with Crippen LogP contribution in [0.25, 0.3) is 0 Å². The Balaban J connectivity index is 1.88. The van der Waals surface area contributed by atoms with Crippen LogP contribution in [0.5, 0.6) is 0 Å². The van der Waals surface area contributed by atoms with Crippen molar-refractivity contribution in [3.8, 4) is 0 Å². The summed E-state index contributed by atoms with van der Waals surface area (Å²) < 4.78 is 5.98. The first-order valence-electron chi connectivity index (χ1n) is 10.3. The van der Waals surface area contributed by atoms with E-state index in [2.05, 4.69) is 13.0 Å². The summed E-state index contributed by atoms with van der Waals surface area (Å²) in [4.78, 5) is 35.0. The molecule has 0 bridgehead atoms. The average Bonchev–Trinajstić information content (AvgIpc) is 2.90. The van der Waals surface area contributed by atoms with Gasteiger partial charge in [-0.2, -0.15) is 0 Å². The predicted octanol–water partition coefficient (Wildman–Crippen LogP) is 4.14. The number of benzene rings is 1. The highest BCUT2D eigenvalue weighted by Gasteiger charge is 2.59. The van der Waals surface area contributed by atoms with Gasteiger partial charge < -0.3 is 9.84 Å². The third-order valence-corrected chi connectivity index (χ3v) is 6.97. The number of fused-ring (bicyclic) bond motifs is 1. The van der Waals surface area contributed by atoms with Crippen molar-refractivity contribution >= 4 is 18.0 Å². The smallest absolute Gasteiger partial charge is 0.338 e. The first-order chi connectivity index (χ1) is 13.6. The molecule has 1 saturated carbocycles. The second kappa shape index (κ2) is 7.86. The molecule has 1 aromatic rings. The van der Waals surface area contributed by atoms with E-state index < -0.39 is 23.5 Å². The Morgan fingerprint density at radius 1 is 1.17 bits per heavy atom. The van der Waals surface area contributed by atoms with Gasteiger partial charge in [-0.25, -0.2) is 4.79 Å². The van der Waals surface area contributed by atoms with E-state index in [0.29, 0.717) is 18.4 Å². The Morgan fingerprint density at radius 2 is 1.79 bits per heavy atom. The zero-order valence-corrected chi connectivity index (χ0v) is 17.6. The van der Waals surface area contributed by atoms with Crippen molar-refractivity contribution in [1.82, 2.24) is 0 Å². The molecule has 1 aromatic carbocycles. The van der Waals surface area contributed by atoms with Gasteiger partial charge in [-0.15, -0.1) is 0 Å². The Bertz CT molecular complexity index is 837. The van der Waals surface area contributed by atoms with E-state index >= 15 is 0 Å². The highest BCUT2D eigenvalue weighted by molar-refractivity contribution is 6.33. The lowest BCUT2D eigenvalue weighted by Gasteiger charge is -2.43. The largest absolute Gasteiger partial charge is 0.458 e. The third-order valence-electron chi connectivity index (χ3n) is 6.97. The van der Waals surface area contributed by atoms with Gasteiger partial charge >= 0.3 is 5.97 Å². The number of aldehydes is 1. The Kier molecular flexibility index (Phi) is 5.81.